The zero-order valence-corrected chi connectivity index (χ0v) is 19.4. The molecule has 0 radical (unpaired) electrons. The summed E-state index contributed by atoms with van der Waals surface area (Å²) in [5.41, 5.74) is 10.3. The molecule has 8 heteroatoms. The number of benzene rings is 2. The fraction of sp³-hybridized carbons (Fsp3) is 0.400. The highest BCUT2D eigenvalue weighted by Crippen LogP contribution is 2.29. The summed E-state index contributed by atoms with van der Waals surface area (Å²) >= 11 is 0. The molecule has 33 heavy (non-hydrogen) atoms. The van der Waals surface area contributed by atoms with Gasteiger partial charge in [-0.3, -0.25) is 0 Å². The molecule has 0 aliphatic rings. The van der Waals surface area contributed by atoms with Gasteiger partial charge in [0.05, 0.1) is 6.54 Å². The highest BCUT2D eigenvalue weighted by Gasteiger charge is 2.13. The molecule has 0 spiro atoms. The molecule has 4 rings (SSSR count). The summed E-state index contributed by atoms with van der Waals surface area (Å²) in [5.74, 6) is 2.55. The molecule has 0 aliphatic carbocycles. The molecule has 0 saturated carbocycles. The maximum Gasteiger partial charge on any atom is 0.205 e. The van der Waals surface area contributed by atoms with E-state index in [1.54, 1.807) is 0 Å². The normalized spacial score (nSPS) is 12.2. The van der Waals surface area contributed by atoms with E-state index in [1.165, 1.54) is 18.4 Å². The van der Waals surface area contributed by atoms with Crippen molar-refractivity contribution in [2.45, 2.75) is 65.0 Å². The first-order chi connectivity index (χ1) is 16.1. The van der Waals surface area contributed by atoms with Crippen LogP contribution in [0.2, 0.25) is 0 Å². The average Bonchev–Trinajstić information content (AvgIpc) is 3.49. The fourth-order valence-corrected chi connectivity index (χ4v) is 3.90. The van der Waals surface area contributed by atoms with E-state index in [9.17, 15) is 0 Å². The third-order valence-corrected chi connectivity index (χ3v) is 5.73. The lowest BCUT2D eigenvalue weighted by Gasteiger charge is -2.09. The van der Waals surface area contributed by atoms with Gasteiger partial charge >= 0.3 is 0 Å². The van der Waals surface area contributed by atoms with Gasteiger partial charge in [-0.15, -0.1) is 10.2 Å². The van der Waals surface area contributed by atoms with Gasteiger partial charge in [0.2, 0.25) is 5.82 Å². The van der Waals surface area contributed by atoms with Crippen LogP contribution in [-0.2, 0) is 19.4 Å². The molecule has 172 valence electrons. The second-order valence-electron chi connectivity index (χ2n) is 8.55. The van der Waals surface area contributed by atoms with Crippen LogP contribution in [0.3, 0.4) is 0 Å². The lowest BCUT2D eigenvalue weighted by molar-refractivity contribution is 0.598. The van der Waals surface area contributed by atoms with Gasteiger partial charge in [-0.2, -0.15) is 10.3 Å². The number of H-pyrrole nitrogens is 1. The molecule has 2 aromatic carbocycles. The summed E-state index contributed by atoms with van der Waals surface area (Å²) in [6.45, 7) is 4.95. The molecule has 0 fully saturated rings. The third-order valence-electron chi connectivity index (χ3n) is 5.73. The predicted molar refractivity (Wildman–Crippen MR) is 129 cm³/mol. The van der Waals surface area contributed by atoms with E-state index in [0.717, 1.165) is 54.0 Å². The smallest absolute Gasteiger partial charge is 0.205 e. The Bertz CT molecular complexity index is 1130. The Kier molecular flexibility index (Phi) is 7.57. The number of hydrogen-bond donors (Lipinski definition) is 2. The second kappa shape index (κ2) is 11.0. The van der Waals surface area contributed by atoms with Gasteiger partial charge in [0.15, 0.2) is 5.82 Å². The van der Waals surface area contributed by atoms with Crippen LogP contribution in [0.25, 0.3) is 22.5 Å². The standard InChI is InChI=1S/C25H32N8/c1-3-4-5-10-24-27-23(16-11-18(2)26)30-33(24)17-19-12-14-20(15-13-19)21-8-6-7-9-22(21)25-28-31-32-29-25/h6-9,12-15,18H,3-5,10-11,16-17,26H2,1-2H3,(H,28,29,31,32). The average molecular weight is 445 g/mol. The quantitative estimate of drug-likeness (QED) is 0.336. The monoisotopic (exact) mass is 444 g/mol. The van der Waals surface area contributed by atoms with E-state index in [4.69, 9.17) is 15.8 Å². The molecule has 3 N–H and O–H groups in total. The van der Waals surface area contributed by atoms with Crippen molar-refractivity contribution in [3.63, 3.8) is 0 Å². The lowest BCUT2D eigenvalue weighted by Crippen LogP contribution is -2.15. The largest absolute Gasteiger partial charge is 0.328 e. The zero-order valence-electron chi connectivity index (χ0n) is 19.4. The van der Waals surface area contributed by atoms with Gasteiger partial charge in [0.25, 0.3) is 0 Å². The summed E-state index contributed by atoms with van der Waals surface area (Å²) in [5, 5.41) is 19.3. The highest BCUT2D eigenvalue weighted by molar-refractivity contribution is 5.80. The first-order valence-electron chi connectivity index (χ1n) is 11.7. The van der Waals surface area contributed by atoms with Gasteiger partial charge in [-0.05, 0) is 41.7 Å². The number of tetrazole rings is 1. The van der Waals surface area contributed by atoms with Crippen LogP contribution in [0.15, 0.2) is 48.5 Å². The van der Waals surface area contributed by atoms with Crippen LogP contribution < -0.4 is 5.73 Å². The number of aromatic nitrogens is 7. The minimum absolute atomic E-state index is 0.156. The lowest BCUT2D eigenvalue weighted by atomic mass is 9.98. The Hall–Kier alpha value is -3.39. The summed E-state index contributed by atoms with van der Waals surface area (Å²) in [7, 11) is 0. The zero-order chi connectivity index (χ0) is 23.0. The van der Waals surface area contributed by atoms with Crippen molar-refractivity contribution in [1.29, 1.82) is 0 Å². The summed E-state index contributed by atoms with van der Waals surface area (Å²) in [4.78, 5) is 4.83. The molecule has 4 aromatic rings. The number of hydrogen-bond acceptors (Lipinski definition) is 6. The Labute approximate surface area is 194 Å². The summed E-state index contributed by atoms with van der Waals surface area (Å²) in [6.07, 6.45) is 6.20. The molecule has 0 amide bonds. The maximum atomic E-state index is 5.94. The third kappa shape index (κ3) is 5.90. The molecule has 8 nitrogen and oxygen atoms in total. The first-order valence-corrected chi connectivity index (χ1v) is 11.7. The summed E-state index contributed by atoms with van der Waals surface area (Å²) < 4.78 is 2.06. The van der Waals surface area contributed by atoms with Crippen LogP contribution in [0.1, 0.15) is 56.7 Å². The number of unbranched alkanes of at least 4 members (excludes halogenated alkanes) is 2. The molecule has 0 saturated heterocycles. The Morgan fingerprint density at radius 1 is 1.00 bits per heavy atom. The van der Waals surface area contributed by atoms with Crippen molar-refractivity contribution in [3.8, 4) is 22.5 Å². The number of nitrogens with one attached hydrogen (secondary N) is 1. The molecule has 2 heterocycles. The Morgan fingerprint density at radius 3 is 2.48 bits per heavy atom. The van der Waals surface area contributed by atoms with Crippen molar-refractivity contribution in [3.05, 3.63) is 65.7 Å². The first kappa shape index (κ1) is 22.8. The van der Waals surface area contributed by atoms with Gasteiger partial charge in [0.1, 0.15) is 5.82 Å². The minimum Gasteiger partial charge on any atom is -0.328 e. The van der Waals surface area contributed by atoms with E-state index >= 15 is 0 Å². The van der Waals surface area contributed by atoms with Crippen molar-refractivity contribution >= 4 is 0 Å². The number of nitrogens with zero attached hydrogens (tertiary/aromatic N) is 6. The SMILES string of the molecule is CCCCCc1nc(CCC(C)N)nn1Cc1ccc(-c2ccccc2-c2nn[nH]n2)cc1. The fourth-order valence-electron chi connectivity index (χ4n) is 3.90. The number of aromatic amines is 1. The van der Waals surface area contributed by atoms with Crippen molar-refractivity contribution in [2.75, 3.05) is 0 Å². The van der Waals surface area contributed by atoms with Crippen LogP contribution in [0.5, 0.6) is 0 Å². The Morgan fingerprint density at radius 2 is 1.79 bits per heavy atom. The van der Waals surface area contributed by atoms with Gasteiger partial charge < -0.3 is 5.73 Å². The molecule has 1 unspecified atom stereocenters. The van der Waals surface area contributed by atoms with E-state index < -0.39 is 0 Å². The van der Waals surface area contributed by atoms with E-state index in [0.29, 0.717) is 12.4 Å². The summed E-state index contributed by atoms with van der Waals surface area (Å²) in [6, 6.07) is 16.8. The van der Waals surface area contributed by atoms with Crippen LogP contribution in [0, 0.1) is 0 Å². The maximum absolute atomic E-state index is 5.94. The van der Waals surface area contributed by atoms with Gasteiger partial charge in [0, 0.05) is 24.4 Å². The molecule has 1 atom stereocenters. The number of rotatable bonds is 11. The minimum atomic E-state index is 0.156. The van der Waals surface area contributed by atoms with E-state index in [-0.39, 0.29) is 6.04 Å². The highest BCUT2D eigenvalue weighted by atomic mass is 15.5. The van der Waals surface area contributed by atoms with Crippen molar-refractivity contribution < 1.29 is 0 Å². The van der Waals surface area contributed by atoms with Gasteiger partial charge in [-0.25, -0.2) is 9.67 Å². The van der Waals surface area contributed by atoms with Crippen molar-refractivity contribution in [2.24, 2.45) is 5.73 Å². The molecule has 0 aliphatic heterocycles. The van der Waals surface area contributed by atoms with E-state index in [2.05, 4.69) is 62.6 Å². The second-order valence-corrected chi connectivity index (χ2v) is 8.55. The molecule has 2 aromatic heterocycles. The number of aryl methyl sites for hydroxylation is 2. The Balaban J connectivity index is 1.53. The topological polar surface area (TPSA) is 111 Å². The molecule has 0 bridgehead atoms. The number of nitrogens with two attached hydrogens (primary N) is 1. The van der Waals surface area contributed by atoms with Crippen molar-refractivity contribution in [1.82, 2.24) is 35.4 Å². The molecular weight excluding hydrogens is 412 g/mol. The van der Waals surface area contributed by atoms with Crippen LogP contribution in [-0.4, -0.2) is 41.4 Å². The van der Waals surface area contributed by atoms with Crippen LogP contribution in [0.4, 0.5) is 0 Å². The molecular formula is C25H32N8. The predicted octanol–water partition coefficient (Wildman–Crippen LogP) is 4.19. The van der Waals surface area contributed by atoms with Crippen LogP contribution >= 0.6 is 0 Å². The van der Waals surface area contributed by atoms with Gasteiger partial charge in [-0.1, -0.05) is 68.3 Å². The van der Waals surface area contributed by atoms with E-state index in [1.807, 2.05) is 25.1 Å².